The van der Waals surface area contributed by atoms with E-state index in [9.17, 15) is 14.4 Å². The lowest BCUT2D eigenvalue weighted by Crippen LogP contribution is -2.57. The summed E-state index contributed by atoms with van der Waals surface area (Å²) in [7, 11) is 3.33. The summed E-state index contributed by atoms with van der Waals surface area (Å²) < 4.78 is 2.37. The van der Waals surface area contributed by atoms with Gasteiger partial charge in [-0.05, 0) is 55.8 Å². The van der Waals surface area contributed by atoms with Crippen molar-refractivity contribution in [1.82, 2.24) is 14.0 Å². The zero-order chi connectivity index (χ0) is 17.0. The van der Waals surface area contributed by atoms with Gasteiger partial charge in [-0.2, -0.15) is 0 Å². The number of carbonyl (C=O) groups is 1. The first-order chi connectivity index (χ1) is 11.4. The predicted molar refractivity (Wildman–Crippen MR) is 89.5 cm³/mol. The molecule has 0 saturated heterocycles. The number of likely N-dealkylation sites (N-methyl/N-ethyl adjacent to an activating group) is 1. The highest BCUT2D eigenvalue weighted by atomic mass is 16.2. The number of hydrogen-bond acceptors (Lipinski definition) is 3. The zero-order valence-electron chi connectivity index (χ0n) is 14.4. The highest BCUT2D eigenvalue weighted by Gasteiger charge is 2.50. The molecular formula is C18H25N3O3. The molecule has 4 aliphatic rings. The van der Waals surface area contributed by atoms with Gasteiger partial charge in [0, 0.05) is 32.4 Å². The van der Waals surface area contributed by atoms with Crippen molar-refractivity contribution in [2.75, 3.05) is 7.05 Å². The minimum absolute atomic E-state index is 0.00620. The van der Waals surface area contributed by atoms with Crippen LogP contribution in [0.15, 0.2) is 21.9 Å². The summed E-state index contributed by atoms with van der Waals surface area (Å²) in [6, 6.07) is 1.66. The number of carbonyl (C=O) groups excluding carboxylic acids is 1. The fourth-order valence-electron chi connectivity index (χ4n) is 5.69. The second-order valence-electron chi connectivity index (χ2n) is 8.05. The molecule has 4 bridgehead atoms. The van der Waals surface area contributed by atoms with Crippen molar-refractivity contribution < 1.29 is 4.79 Å². The first-order valence-electron chi connectivity index (χ1n) is 8.96. The lowest BCUT2D eigenvalue weighted by molar-refractivity contribution is -0.141. The van der Waals surface area contributed by atoms with Crippen LogP contribution in [0.2, 0.25) is 0 Å². The Morgan fingerprint density at radius 2 is 1.71 bits per heavy atom. The predicted octanol–water partition coefficient (Wildman–Crippen LogP) is 0.830. The lowest BCUT2D eigenvalue weighted by atomic mass is 9.54. The second kappa shape index (κ2) is 5.60. The number of hydrogen-bond donors (Lipinski definition) is 0. The summed E-state index contributed by atoms with van der Waals surface area (Å²) in [4.78, 5) is 38.3. The van der Waals surface area contributed by atoms with Crippen molar-refractivity contribution in [2.24, 2.45) is 30.7 Å². The van der Waals surface area contributed by atoms with Gasteiger partial charge in [0.25, 0.3) is 5.56 Å². The van der Waals surface area contributed by atoms with E-state index in [0.717, 1.165) is 16.4 Å². The van der Waals surface area contributed by atoms with E-state index in [1.54, 1.807) is 0 Å². The van der Waals surface area contributed by atoms with Crippen molar-refractivity contribution >= 4 is 5.91 Å². The van der Waals surface area contributed by atoms with Gasteiger partial charge in [-0.1, -0.05) is 0 Å². The SMILES string of the molecule is CN(C(=O)Cn1ccc(=O)n(C)c1=O)C1C2CC3CC(C2)CC1C3. The van der Waals surface area contributed by atoms with E-state index in [1.807, 2.05) is 11.9 Å². The average Bonchev–Trinajstić information content (AvgIpc) is 2.54. The molecule has 0 radical (unpaired) electrons. The Morgan fingerprint density at radius 1 is 1.12 bits per heavy atom. The molecule has 24 heavy (non-hydrogen) atoms. The molecule has 130 valence electrons. The number of aromatic nitrogens is 2. The van der Waals surface area contributed by atoms with Crippen molar-refractivity contribution in [3.8, 4) is 0 Å². The summed E-state index contributed by atoms with van der Waals surface area (Å²) in [5, 5.41) is 0. The van der Waals surface area contributed by atoms with Crippen LogP contribution in [0, 0.1) is 23.7 Å². The standard InChI is InChI=1S/C18H25N3O3/c1-19(16(23)10-21-4-3-15(22)20(2)18(21)24)17-13-6-11-5-12(8-13)9-14(17)7-11/h3-4,11-14,17H,5-10H2,1-2H3. The molecule has 0 aromatic carbocycles. The summed E-state index contributed by atoms with van der Waals surface area (Å²) in [5.41, 5.74) is -0.785. The van der Waals surface area contributed by atoms with Crippen LogP contribution in [0.4, 0.5) is 0 Å². The first kappa shape index (κ1) is 15.7. The van der Waals surface area contributed by atoms with Gasteiger partial charge in [0.05, 0.1) is 0 Å². The minimum Gasteiger partial charge on any atom is -0.341 e. The van der Waals surface area contributed by atoms with Crippen molar-refractivity contribution in [2.45, 2.75) is 44.7 Å². The van der Waals surface area contributed by atoms with Crippen LogP contribution in [0.25, 0.3) is 0 Å². The molecule has 0 atom stereocenters. The largest absolute Gasteiger partial charge is 0.341 e. The van der Waals surface area contributed by atoms with Crippen molar-refractivity contribution in [3.05, 3.63) is 33.1 Å². The van der Waals surface area contributed by atoms with Crippen molar-refractivity contribution in [3.63, 3.8) is 0 Å². The van der Waals surface area contributed by atoms with Gasteiger partial charge >= 0.3 is 5.69 Å². The van der Waals surface area contributed by atoms with Crippen LogP contribution in [-0.4, -0.2) is 33.0 Å². The van der Waals surface area contributed by atoms with Gasteiger partial charge in [-0.15, -0.1) is 0 Å². The zero-order valence-corrected chi connectivity index (χ0v) is 14.4. The minimum atomic E-state index is -0.436. The maximum absolute atomic E-state index is 12.8. The monoisotopic (exact) mass is 331 g/mol. The Hall–Kier alpha value is -1.85. The number of rotatable bonds is 3. The van der Waals surface area contributed by atoms with E-state index in [-0.39, 0.29) is 18.0 Å². The van der Waals surface area contributed by atoms with Gasteiger partial charge in [0.2, 0.25) is 5.91 Å². The van der Waals surface area contributed by atoms with Crippen LogP contribution in [0.5, 0.6) is 0 Å². The molecule has 0 N–H and O–H groups in total. The maximum Gasteiger partial charge on any atom is 0.331 e. The summed E-state index contributed by atoms with van der Waals surface area (Å²) in [6.45, 7) is 0.00620. The van der Waals surface area contributed by atoms with Crippen LogP contribution < -0.4 is 11.2 Å². The molecule has 6 nitrogen and oxygen atoms in total. The highest BCUT2D eigenvalue weighted by Crippen LogP contribution is 2.54. The van der Waals surface area contributed by atoms with E-state index in [2.05, 4.69) is 0 Å². The first-order valence-corrected chi connectivity index (χ1v) is 8.96. The third kappa shape index (κ3) is 2.43. The van der Waals surface area contributed by atoms with E-state index >= 15 is 0 Å². The van der Waals surface area contributed by atoms with E-state index < -0.39 is 5.69 Å². The van der Waals surface area contributed by atoms with Crippen molar-refractivity contribution in [1.29, 1.82) is 0 Å². The fourth-order valence-corrected chi connectivity index (χ4v) is 5.69. The average molecular weight is 331 g/mol. The molecule has 4 saturated carbocycles. The molecule has 6 heteroatoms. The summed E-state index contributed by atoms with van der Waals surface area (Å²) >= 11 is 0. The number of amides is 1. The maximum atomic E-state index is 12.8. The molecule has 0 spiro atoms. The van der Waals surface area contributed by atoms with Gasteiger partial charge < -0.3 is 4.90 Å². The Kier molecular flexibility index (Phi) is 3.66. The molecule has 4 fully saturated rings. The topological polar surface area (TPSA) is 64.3 Å². The molecule has 1 amide bonds. The van der Waals surface area contributed by atoms with Gasteiger partial charge in [-0.25, -0.2) is 4.79 Å². The third-order valence-corrected chi connectivity index (χ3v) is 6.58. The quantitative estimate of drug-likeness (QED) is 0.824. The van der Waals surface area contributed by atoms with Crippen LogP contribution >= 0.6 is 0 Å². The van der Waals surface area contributed by atoms with Crippen LogP contribution in [-0.2, 0) is 18.4 Å². The molecule has 5 rings (SSSR count). The fraction of sp³-hybridized carbons (Fsp3) is 0.722. The van der Waals surface area contributed by atoms with E-state index in [1.165, 1.54) is 56.0 Å². The van der Waals surface area contributed by atoms with E-state index in [0.29, 0.717) is 17.9 Å². The van der Waals surface area contributed by atoms with Gasteiger partial charge in [0.1, 0.15) is 6.54 Å². The van der Waals surface area contributed by atoms with Gasteiger partial charge in [0.15, 0.2) is 0 Å². The van der Waals surface area contributed by atoms with E-state index in [4.69, 9.17) is 0 Å². The van der Waals surface area contributed by atoms with Crippen LogP contribution in [0.3, 0.4) is 0 Å². The Balaban J connectivity index is 1.52. The Morgan fingerprint density at radius 3 is 2.29 bits per heavy atom. The lowest BCUT2D eigenvalue weighted by Gasteiger charge is -2.56. The molecule has 1 aromatic heterocycles. The smallest absolute Gasteiger partial charge is 0.331 e. The van der Waals surface area contributed by atoms with Gasteiger partial charge in [-0.3, -0.25) is 18.7 Å². The normalized spacial score (nSPS) is 33.7. The Bertz CT molecular complexity index is 750. The Labute approximate surface area is 141 Å². The molecular weight excluding hydrogens is 306 g/mol. The molecule has 0 unspecified atom stereocenters. The molecule has 4 aliphatic carbocycles. The molecule has 0 aliphatic heterocycles. The summed E-state index contributed by atoms with van der Waals surface area (Å²) in [5.74, 6) is 2.98. The third-order valence-electron chi connectivity index (χ3n) is 6.58. The number of nitrogens with zero attached hydrogens (tertiary/aromatic N) is 3. The molecule has 1 heterocycles. The second-order valence-corrected chi connectivity index (χ2v) is 8.05. The summed E-state index contributed by atoms with van der Waals surface area (Å²) in [6.07, 6.45) is 7.85. The molecule has 1 aromatic rings. The highest BCUT2D eigenvalue weighted by molar-refractivity contribution is 5.76. The van der Waals surface area contributed by atoms with Crippen LogP contribution in [0.1, 0.15) is 32.1 Å².